The highest BCUT2D eigenvalue weighted by Gasteiger charge is 2.27. The second-order valence-electron chi connectivity index (χ2n) is 4.13. The molecule has 0 saturated heterocycles. The van der Waals surface area contributed by atoms with Gasteiger partial charge in [-0.1, -0.05) is 30.3 Å². The van der Waals surface area contributed by atoms with E-state index < -0.39 is 6.09 Å². The number of hydrogen-bond acceptors (Lipinski definition) is 2. The van der Waals surface area contributed by atoms with Gasteiger partial charge in [-0.05, 0) is 31.2 Å². The zero-order valence-electron chi connectivity index (χ0n) is 10.4. The topological polar surface area (TPSA) is 38.3 Å². The van der Waals surface area contributed by atoms with Crippen molar-refractivity contribution in [2.45, 2.75) is 12.6 Å². The fourth-order valence-corrected chi connectivity index (χ4v) is 1.99. The minimum Gasteiger partial charge on any atom is -0.445 e. The third-order valence-electron chi connectivity index (χ3n) is 2.75. The predicted octanol–water partition coefficient (Wildman–Crippen LogP) is 2.93. The lowest BCUT2D eigenvalue weighted by Crippen LogP contribution is -2.40. The van der Waals surface area contributed by atoms with Gasteiger partial charge in [-0.2, -0.15) is 0 Å². The zero-order chi connectivity index (χ0) is 13.5. The van der Waals surface area contributed by atoms with Gasteiger partial charge in [-0.25, -0.2) is 4.79 Å². The number of ether oxygens (including phenoxy) is 1. The molecular weight excluding hydrogens is 262 g/mol. The molecule has 1 aromatic rings. The number of amides is 1. The largest absolute Gasteiger partial charge is 0.445 e. The maximum atomic E-state index is 11.7. The van der Waals surface area contributed by atoms with Crippen LogP contribution in [0.3, 0.4) is 0 Å². The Morgan fingerprint density at radius 2 is 1.89 bits per heavy atom. The molecule has 1 saturated carbocycles. The molecule has 1 atom stereocenters. The Labute approximate surface area is 119 Å². The lowest BCUT2D eigenvalue weighted by molar-refractivity contribution is 0.137. The monoisotopic (exact) mass is 276 g/mol. The number of halogens is 1. The first-order chi connectivity index (χ1) is 9.29. The number of hydrogen-bond donors (Lipinski definition) is 1. The average Bonchev–Trinajstić information content (AvgIpc) is 2.97. The third-order valence-corrected chi connectivity index (χ3v) is 3.06. The summed E-state index contributed by atoms with van der Waals surface area (Å²) in [6.07, 6.45) is 7.20. The predicted molar refractivity (Wildman–Crippen MR) is 74.7 cm³/mol. The summed E-state index contributed by atoms with van der Waals surface area (Å²) >= 11 is 5.85. The molecule has 1 N–H and O–H groups in total. The Bertz CT molecular complexity index is 390. The Kier molecular flexibility index (Phi) is 5.52. The van der Waals surface area contributed by atoms with Crippen molar-refractivity contribution in [3.63, 3.8) is 0 Å². The van der Waals surface area contributed by atoms with Crippen molar-refractivity contribution in [2.75, 3.05) is 5.88 Å². The van der Waals surface area contributed by atoms with Crippen LogP contribution in [0.25, 0.3) is 0 Å². The summed E-state index contributed by atoms with van der Waals surface area (Å²) in [6, 6.07) is 9.32. The second-order valence-corrected chi connectivity index (χ2v) is 4.44. The highest BCUT2D eigenvalue weighted by atomic mass is 35.5. The molecule has 0 aromatic heterocycles. The smallest absolute Gasteiger partial charge is 0.407 e. The average molecular weight is 277 g/mol. The Hall–Kier alpha value is -1.22. The number of benzene rings is 1. The van der Waals surface area contributed by atoms with E-state index in [1.165, 1.54) is 0 Å². The lowest BCUT2D eigenvalue weighted by atomic mass is 10.00. The van der Waals surface area contributed by atoms with Gasteiger partial charge in [0.05, 0.1) is 6.04 Å². The summed E-state index contributed by atoms with van der Waals surface area (Å²) < 4.78 is 5.15. The highest BCUT2D eigenvalue weighted by Crippen LogP contribution is 2.26. The first kappa shape index (κ1) is 14.2. The van der Waals surface area contributed by atoms with E-state index in [0.29, 0.717) is 5.88 Å². The van der Waals surface area contributed by atoms with Gasteiger partial charge in [0, 0.05) is 11.8 Å². The van der Waals surface area contributed by atoms with Gasteiger partial charge in [0.25, 0.3) is 0 Å². The Balaban J connectivity index is 1.76. The number of carbonyl (C=O) groups is 1. The maximum Gasteiger partial charge on any atom is 0.407 e. The molecule has 5 radical (unpaired) electrons. The van der Waals surface area contributed by atoms with Crippen molar-refractivity contribution in [3.05, 3.63) is 67.5 Å². The summed E-state index contributed by atoms with van der Waals surface area (Å²) in [5.41, 5.74) is 0.952. The molecule has 4 heteroatoms. The molecule has 1 aliphatic carbocycles. The van der Waals surface area contributed by atoms with Crippen LogP contribution < -0.4 is 5.32 Å². The molecular formula is C15H15ClNO2. The van der Waals surface area contributed by atoms with Crippen molar-refractivity contribution in [3.8, 4) is 0 Å². The van der Waals surface area contributed by atoms with Crippen LogP contribution in [0.4, 0.5) is 4.79 Å². The Morgan fingerprint density at radius 1 is 1.21 bits per heavy atom. The number of nitrogens with one attached hydrogen (secondary N) is 1. The molecule has 1 aromatic carbocycles. The SMILES string of the molecule is O=C(N[C@@H](CCl)[C]1[CH][CH][CH][CH]1)OCc1ccccc1. The second kappa shape index (κ2) is 7.39. The van der Waals surface area contributed by atoms with Crippen LogP contribution >= 0.6 is 11.6 Å². The zero-order valence-corrected chi connectivity index (χ0v) is 11.1. The number of alkyl carbamates (subject to hydrolysis) is 1. The molecule has 1 fully saturated rings. The molecule has 0 unspecified atom stereocenters. The minimum atomic E-state index is -0.462. The van der Waals surface area contributed by atoms with Gasteiger partial charge in [-0.15, -0.1) is 11.6 Å². The van der Waals surface area contributed by atoms with Crippen molar-refractivity contribution < 1.29 is 9.53 Å². The minimum absolute atomic E-state index is 0.222. The molecule has 0 spiro atoms. The van der Waals surface area contributed by atoms with E-state index in [0.717, 1.165) is 11.5 Å². The van der Waals surface area contributed by atoms with Crippen molar-refractivity contribution >= 4 is 17.7 Å². The summed E-state index contributed by atoms with van der Waals surface area (Å²) in [5, 5.41) is 2.75. The molecule has 1 amide bonds. The van der Waals surface area contributed by atoms with E-state index in [9.17, 15) is 4.79 Å². The van der Waals surface area contributed by atoms with E-state index in [1.54, 1.807) is 0 Å². The molecule has 0 heterocycles. The van der Waals surface area contributed by atoms with Crippen LogP contribution in [0.2, 0.25) is 0 Å². The van der Waals surface area contributed by atoms with E-state index in [1.807, 2.05) is 56.0 Å². The van der Waals surface area contributed by atoms with Crippen molar-refractivity contribution in [1.82, 2.24) is 5.32 Å². The van der Waals surface area contributed by atoms with Crippen LogP contribution in [0, 0.1) is 31.6 Å². The maximum absolute atomic E-state index is 11.7. The van der Waals surface area contributed by atoms with Crippen LogP contribution in [-0.2, 0) is 11.3 Å². The fourth-order valence-electron chi connectivity index (χ4n) is 1.74. The quantitative estimate of drug-likeness (QED) is 0.840. The molecule has 99 valence electrons. The van der Waals surface area contributed by atoms with E-state index in [2.05, 4.69) is 5.32 Å². The molecule has 1 aliphatic rings. The first-order valence-electron chi connectivity index (χ1n) is 6.04. The number of alkyl halides is 1. The van der Waals surface area contributed by atoms with Gasteiger partial charge in [-0.3, -0.25) is 0 Å². The summed E-state index contributed by atoms with van der Waals surface area (Å²) in [7, 11) is 0. The van der Waals surface area contributed by atoms with Crippen LogP contribution in [0.5, 0.6) is 0 Å². The first-order valence-corrected chi connectivity index (χ1v) is 6.58. The van der Waals surface area contributed by atoms with Gasteiger partial charge < -0.3 is 10.1 Å². The van der Waals surface area contributed by atoms with Crippen LogP contribution in [-0.4, -0.2) is 18.0 Å². The van der Waals surface area contributed by atoms with Crippen LogP contribution in [0.1, 0.15) is 5.56 Å². The molecule has 3 nitrogen and oxygen atoms in total. The summed E-state index contributed by atoms with van der Waals surface area (Å²) in [6.45, 7) is 0.253. The van der Waals surface area contributed by atoms with E-state index in [4.69, 9.17) is 16.3 Å². The third kappa shape index (κ3) is 4.43. The highest BCUT2D eigenvalue weighted by molar-refractivity contribution is 6.18. The molecule has 2 rings (SSSR count). The lowest BCUT2D eigenvalue weighted by Gasteiger charge is -2.21. The summed E-state index contributed by atoms with van der Waals surface area (Å²) in [5.74, 6) is 1.29. The van der Waals surface area contributed by atoms with Crippen molar-refractivity contribution in [1.29, 1.82) is 0 Å². The number of rotatable bonds is 5. The van der Waals surface area contributed by atoms with Crippen molar-refractivity contribution in [2.24, 2.45) is 0 Å². The Morgan fingerprint density at radius 3 is 2.53 bits per heavy atom. The van der Waals surface area contributed by atoms with Gasteiger partial charge in [0.1, 0.15) is 6.61 Å². The van der Waals surface area contributed by atoms with E-state index >= 15 is 0 Å². The molecule has 19 heavy (non-hydrogen) atoms. The van der Waals surface area contributed by atoms with Crippen LogP contribution in [0.15, 0.2) is 30.3 Å². The number of carbonyl (C=O) groups excluding carboxylic acids is 1. The van der Waals surface area contributed by atoms with Gasteiger partial charge in [0.15, 0.2) is 0 Å². The standard InChI is InChI=1S/C15H15ClNO2/c16-10-14(13-8-4-5-9-13)17-15(18)19-11-12-6-2-1-3-7-12/h1-9,14H,10-11H2,(H,17,18)/t14-/m0/s1. The summed E-state index contributed by atoms with van der Waals surface area (Å²) in [4.78, 5) is 11.7. The van der Waals surface area contributed by atoms with Gasteiger partial charge in [0.2, 0.25) is 0 Å². The fraction of sp³-hybridized carbons (Fsp3) is 0.200. The van der Waals surface area contributed by atoms with E-state index in [-0.39, 0.29) is 12.6 Å². The van der Waals surface area contributed by atoms with Gasteiger partial charge >= 0.3 is 6.09 Å². The molecule has 0 aliphatic heterocycles. The molecule has 0 bridgehead atoms. The normalized spacial score (nSPS) is 17.1.